The summed E-state index contributed by atoms with van der Waals surface area (Å²) in [5, 5.41) is 0.326. The molecule has 3 rings (SSSR count). The molecule has 1 aromatic rings. The zero-order chi connectivity index (χ0) is 12.5. The molecule has 7 heteroatoms. The van der Waals surface area contributed by atoms with E-state index in [0.29, 0.717) is 12.0 Å². The van der Waals surface area contributed by atoms with Gasteiger partial charge >= 0.3 is 0 Å². The van der Waals surface area contributed by atoms with Crippen LogP contribution in [0.4, 0.5) is 5.95 Å². The standard InChI is InChI=1S/C11H15Cl2N5/c12-9-14-10(13)16-11(15-9)18-6-5-17-4-2-1-3-8(17)7-18/h8H,1-7H2. The molecule has 0 saturated carbocycles. The molecule has 1 unspecified atom stereocenters. The number of rotatable bonds is 1. The molecule has 0 aliphatic carbocycles. The lowest BCUT2D eigenvalue weighted by atomic mass is 10.00. The summed E-state index contributed by atoms with van der Waals surface area (Å²) in [6.45, 7) is 4.16. The van der Waals surface area contributed by atoms with E-state index < -0.39 is 0 Å². The lowest BCUT2D eigenvalue weighted by molar-refractivity contribution is 0.133. The smallest absolute Gasteiger partial charge is 0.231 e. The Balaban J connectivity index is 1.76. The lowest BCUT2D eigenvalue weighted by Gasteiger charge is -2.43. The van der Waals surface area contributed by atoms with Gasteiger partial charge in [0.25, 0.3) is 0 Å². The van der Waals surface area contributed by atoms with Gasteiger partial charge in [0.15, 0.2) is 0 Å². The highest BCUT2D eigenvalue weighted by Crippen LogP contribution is 2.24. The van der Waals surface area contributed by atoms with E-state index in [4.69, 9.17) is 23.2 Å². The number of hydrogen-bond acceptors (Lipinski definition) is 5. The molecular formula is C11H15Cl2N5. The molecule has 0 aromatic carbocycles. The molecular weight excluding hydrogens is 273 g/mol. The van der Waals surface area contributed by atoms with Gasteiger partial charge in [0.05, 0.1) is 0 Å². The first kappa shape index (κ1) is 12.4. The van der Waals surface area contributed by atoms with E-state index in [2.05, 4.69) is 24.8 Å². The number of aromatic nitrogens is 3. The number of fused-ring (bicyclic) bond motifs is 1. The predicted molar refractivity (Wildman–Crippen MR) is 71.3 cm³/mol. The summed E-state index contributed by atoms with van der Waals surface area (Å²) in [5.74, 6) is 0.602. The van der Waals surface area contributed by atoms with Crippen LogP contribution in [0.25, 0.3) is 0 Å². The van der Waals surface area contributed by atoms with Crippen LogP contribution in [0.5, 0.6) is 0 Å². The number of anilines is 1. The summed E-state index contributed by atoms with van der Waals surface area (Å²) in [4.78, 5) is 16.8. The van der Waals surface area contributed by atoms with E-state index in [-0.39, 0.29) is 10.6 Å². The highest BCUT2D eigenvalue weighted by atomic mass is 35.5. The Morgan fingerprint density at radius 3 is 2.50 bits per heavy atom. The first-order valence-corrected chi connectivity index (χ1v) is 7.04. The molecule has 0 N–H and O–H groups in total. The van der Waals surface area contributed by atoms with Gasteiger partial charge in [-0.25, -0.2) is 0 Å². The number of piperidine rings is 1. The molecule has 0 bridgehead atoms. The number of hydrogen-bond donors (Lipinski definition) is 0. The minimum Gasteiger partial charge on any atom is -0.338 e. The quantitative estimate of drug-likeness (QED) is 0.789. The summed E-state index contributed by atoms with van der Waals surface area (Å²) >= 11 is 11.6. The van der Waals surface area contributed by atoms with Crippen LogP contribution in [0, 0.1) is 0 Å². The fourth-order valence-corrected chi connectivity index (χ4v) is 3.15. The van der Waals surface area contributed by atoms with Gasteiger partial charge in [-0.2, -0.15) is 15.0 Å². The third-order valence-corrected chi connectivity index (χ3v) is 4.03. The predicted octanol–water partition coefficient (Wildman–Crippen LogP) is 1.85. The second-order valence-electron chi connectivity index (χ2n) is 4.81. The van der Waals surface area contributed by atoms with Crippen molar-refractivity contribution in [1.29, 1.82) is 0 Å². The third-order valence-electron chi connectivity index (χ3n) is 3.69. The van der Waals surface area contributed by atoms with Crippen LogP contribution < -0.4 is 4.90 Å². The molecule has 98 valence electrons. The molecule has 2 saturated heterocycles. The first-order valence-electron chi connectivity index (χ1n) is 6.28. The van der Waals surface area contributed by atoms with Gasteiger partial charge in [0.1, 0.15) is 0 Å². The second-order valence-corrected chi connectivity index (χ2v) is 5.48. The molecule has 1 aromatic heterocycles. The molecule has 18 heavy (non-hydrogen) atoms. The van der Waals surface area contributed by atoms with E-state index in [1.165, 1.54) is 25.8 Å². The molecule has 0 spiro atoms. The largest absolute Gasteiger partial charge is 0.338 e. The molecule has 5 nitrogen and oxygen atoms in total. The summed E-state index contributed by atoms with van der Waals surface area (Å²) < 4.78 is 0. The van der Waals surface area contributed by atoms with Crippen molar-refractivity contribution in [2.45, 2.75) is 25.3 Å². The van der Waals surface area contributed by atoms with Crippen molar-refractivity contribution in [3.8, 4) is 0 Å². The molecule has 2 aliphatic rings. The van der Waals surface area contributed by atoms with Gasteiger partial charge in [-0.15, -0.1) is 0 Å². The van der Waals surface area contributed by atoms with Gasteiger partial charge in [-0.1, -0.05) is 6.42 Å². The average Bonchev–Trinajstić information content (AvgIpc) is 2.37. The van der Waals surface area contributed by atoms with E-state index in [1.54, 1.807) is 0 Å². The Bertz CT molecular complexity index is 421. The van der Waals surface area contributed by atoms with Crippen molar-refractivity contribution in [2.24, 2.45) is 0 Å². The molecule has 2 fully saturated rings. The van der Waals surface area contributed by atoms with Crippen molar-refractivity contribution in [3.05, 3.63) is 10.6 Å². The van der Waals surface area contributed by atoms with Crippen molar-refractivity contribution in [3.63, 3.8) is 0 Å². The summed E-state index contributed by atoms with van der Waals surface area (Å²) in [6.07, 6.45) is 3.89. The summed E-state index contributed by atoms with van der Waals surface area (Å²) in [5.41, 5.74) is 0. The third kappa shape index (κ3) is 2.53. The summed E-state index contributed by atoms with van der Waals surface area (Å²) in [6, 6.07) is 0.613. The Morgan fingerprint density at radius 2 is 1.72 bits per heavy atom. The normalized spacial score (nSPS) is 25.0. The van der Waals surface area contributed by atoms with Gasteiger partial charge in [0, 0.05) is 25.7 Å². The molecule has 0 amide bonds. The summed E-state index contributed by atoms with van der Waals surface area (Å²) in [7, 11) is 0. The maximum atomic E-state index is 5.82. The topological polar surface area (TPSA) is 45.2 Å². The number of halogens is 2. The van der Waals surface area contributed by atoms with Crippen molar-refractivity contribution in [1.82, 2.24) is 19.9 Å². The minimum absolute atomic E-state index is 0.163. The fourth-order valence-electron chi connectivity index (χ4n) is 2.80. The maximum absolute atomic E-state index is 5.82. The minimum atomic E-state index is 0.163. The van der Waals surface area contributed by atoms with Crippen LogP contribution in [-0.4, -0.2) is 52.1 Å². The van der Waals surface area contributed by atoms with E-state index >= 15 is 0 Å². The molecule has 3 heterocycles. The van der Waals surface area contributed by atoms with Gasteiger partial charge < -0.3 is 4.90 Å². The zero-order valence-corrected chi connectivity index (χ0v) is 11.5. The number of nitrogens with zero attached hydrogens (tertiary/aromatic N) is 5. The van der Waals surface area contributed by atoms with Crippen LogP contribution in [0.3, 0.4) is 0 Å². The van der Waals surface area contributed by atoms with Crippen molar-refractivity contribution >= 4 is 29.2 Å². The van der Waals surface area contributed by atoms with E-state index in [0.717, 1.165) is 19.6 Å². The van der Waals surface area contributed by atoms with Crippen LogP contribution >= 0.6 is 23.2 Å². The van der Waals surface area contributed by atoms with E-state index in [9.17, 15) is 0 Å². The molecule has 2 aliphatic heterocycles. The number of piperazine rings is 1. The Morgan fingerprint density at radius 1 is 0.944 bits per heavy atom. The van der Waals surface area contributed by atoms with Crippen LogP contribution in [0.15, 0.2) is 0 Å². The first-order chi connectivity index (χ1) is 8.72. The lowest BCUT2D eigenvalue weighted by Crippen LogP contribution is -2.55. The van der Waals surface area contributed by atoms with Gasteiger partial charge in [-0.05, 0) is 42.6 Å². The van der Waals surface area contributed by atoms with Crippen molar-refractivity contribution in [2.75, 3.05) is 31.1 Å². The Labute approximate surface area is 116 Å². The Kier molecular flexibility index (Phi) is 3.54. The Hall–Kier alpha value is -0.650. The highest BCUT2D eigenvalue weighted by Gasteiger charge is 2.30. The van der Waals surface area contributed by atoms with Crippen LogP contribution in [-0.2, 0) is 0 Å². The highest BCUT2D eigenvalue weighted by molar-refractivity contribution is 6.31. The fraction of sp³-hybridized carbons (Fsp3) is 0.727. The van der Waals surface area contributed by atoms with Gasteiger partial charge in [-0.3, -0.25) is 4.90 Å². The zero-order valence-electron chi connectivity index (χ0n) is 10.0. The van der Waals surface area contributed by atoms with Crippen LogP contribution in [0.2, 0.25) is 10.6 Å². The van der Waals surface area contributed by atoms with Crippen LogP contribution in [0.1, 0.15) is 19.3 Å². The maximum Gasteiger partial charge on any atom is 0.231 e. The van der Waals surface area contributed by atoms with Crippen molar-refractivity contribution < 1.29 is 0 Å². The SMILES string of the molecule is Clc1nc(Cl)nc(N2CCN3CCCCC3C2)n1. The van der Waals surface area contributed by atoms with Gasteiger partial charge in [0.2, 0.25) is 16.5 Å². The van der Waals surface area contributed by atoms with E-state index in [1.807, 2.05) is 0 Å². The molecule has 1 atom stereocenters. The second kappa shape index (κ2) is 5.15. The molecule has 0 radical (unpaired) electrons. The monoisotopic (exact) mass is 287 g/mol. The average molecular weight is 288 g/mol.